The van der Waals surface area contributed by atoms with Gasteiger partial charge in [-0.3, -0.25) is 20.3 Å². The summed E-state index contributed by atoms with van der Waals surface area (Å²) in [5.41, 5.74) is 2.82. The Kier molecular flexibility index (Phi) is 7.90. The third-order valence-corrected chi connectivity index (χ3v) is 4.01. The van der Waals surface area contributed by atoms with Crippen LogP contribution in [0.5, 0.6) is 0 Å². The average molecular weight is 397 g/mol. The van der Waals surface area contributed by atoms with E-state index in [1.807, 2.05) is 24.3 Å². The number of nitrogens with one attached hydrogen (secondary N) is 3. The second-order valence-electron chi connectivity index (χ2n) is 6.13. The number of carboxylic acids is 1. The number of rotatable bonds is 8. The van der Waals surface area contributed by atoms with Crippen molar-refractivity contribution in [3.05, 3.63) is 59.7 Å². The molecule has 8 nitrogen and oxygen atoms in total. The molecule has 2 aromatic carbocycles. The lowest BCUT2D eigenvalue weighted by Crippen LogP contribution is -2.30. The van der Waals surface area contributed by atoms with Gasteiger partial charge in [-0.05, 0) is 36.6 Å². The van der Waals surface area contributed by atoms with E-state index in [-0.39, 0.29) is 24.8 Å². The summed E-state index contributed by atoms with van der Waals surface area (Å²) in [7, 11) is 0. The smallest absolute Gasteiger partial charge is 0.412 e. The Labute approximate surface area is 168 Å². The zero-order chi connectivity index (χ0) is 21.2. The van der Waals surface area contributed by atoms with Crippen LogP contribution in [-0.2, 0) is 9.53 Å². The predicted octanol–water partition coefficient (Wildman–Crippen LogP) is 3.02. The number of amidine groups is 1. The fraction of sp³-hybridized carbons (Fsp3) is 0.238. The van der Waals surface area contributed by atoms with Gasteiger partial charge in [0.2, 0.25) is 0 Å². The first-order chi connectivity index (χ1) is 13.9. The zero-order valence-corrected chi connectivity index (χ0v) is 16.0. The van der Waals surface area contributed by atoms with Crippen LogP contribution in [0.4, 0.5) is 4.79 Å². The van der Waals surface area contributed by atoms with E-state index in [0.717, 1.165) is 11.1 Å². The fourth-order valence-corrected chi connectivity index (χ4v) is 2.53. The van der Waals surface area contributed by atoms with Crippen molar-refractivity contribution in [2.24, 2.45) is 0 Å². The lowest BCUT2D eigenvalue weighted by molar-refractivity contribution is -0.137. The van der Waals surface area contributed by atoms with Crippen LogP contribution in [0.2, 0.25) is 0 Å². The number of carboxylic acid groups (broad SMARTS) is 1. The number of amides is 2. The number of benzene rings is 2. The number of hydrogen-bond acceptors (Lipinski definition) is 5. The summed E-state index contributed by atoms with van der Waals surface area (Å²) in [6, 6.07) is 14.1. The number of aliphatic carboxylic acids is 1. The average Bonchev–Trinajstić information content (AvgIpc) is 2.71. The van der Waals surface area contributed by atoms with Crippen LogP contribution in [0.3, 0.4) is 0 Å². The normalized spacial score (nSPS) is 10.1. The van der Waals surface area contributed by atoms with Gasteiger partial charge < -0.3 is 15.2 Å². The molecule has 2 rings (SSSR count). The molecular weight excluding hydrogens is 374 g/mol. The molecule has 4 N–H and O–H groups in total. The van der Waals surface area contributed by atoms with Gasteiger partial charge in [-0.1, -0.05) is 36.4 Å². The first-order valence-electron chi connectivity index (χ1n) is 9.14. The summed E-state index contributed by atoms with van der Waals surface area (Å²) in [6.07, 6.45) is -0.272. The Hall–Kier alpha value is -3.68. The fourth-order valence-electron chi connectivity index (χ4n) is 2.53. The summed E-state index contributed by atoms with van der Waals surface area (Å²) in [5.74, 6) is -1.19. The molecular formula is C21H23N3O5. The molecule has 0 unspecified atom stereocenters. The van der Waals surface area contributed by atoms with Gasteiger partial charge >= 0.3 is 12.1 Å². The van der Waals surface area contributed by atoms with Crippen LogP contribution >= 0.6 is 0 Å². The second kappa shape index (κ2) is 10.6. The molecule has 0 bridgehead atoms. The minimum Gasteiger partial charge on any atom is -0.481 e. The van der Waals surface area contributed by atoms with Crippen LogP contribution < -0.4 is 10.6 Å². The van der Waals surface area contributed by atoms with E-state index in [0.29, 0.717) is 24.1 Å². The maximum Gasteiger partial charge on any atom is 0.412 e. The van der Waals surface area contributed by atoms with Crippen molar-refractivity contribution >= 4 is 23.8 Å². The van der Waals surface area contributed by atoms with E-state index in [1.54, 1.807) is 31.2 Å². The third-order valence-electron chi connectivity index (χ3n) is 4.01. The van der Waals surface area contributed by atoms with E-state index in [1.165, 1.54) is 0 Å². The van der Waals surface area contributed by atoms with Gasteiger partial charge in [0.15, 0.2) is 0 Å². The lowest BCUT2D eigenvalue weighted by atomic mass is 10.0. The summed E-state index contributed by atoms with van der Waals surface area (Å²) in [5, 5.41) is 21.5. The van der Waals surface area contributed by atoms with E-state index >= 15 is 0 Å². The summed E-state index contributed by atoms with van der Waals surface area (Å²) in [6.45, 7) is 2.22. The van der Waals surface area contributed by atoms with Crippen LogP contribution in [0.15, 0.2) is 48.5 Å². The van der Waals surface area contributed by atoms with Gasteiger partial charge in [0.1, 0.15) is 5.84 Å². The third kappa shape index (κ3) is 6.76. The maximum atomic E-state index is 12.1. The Morgan fingerprint density at radius 1 is 0.966 bits per heavy atom. The molecule has 0 atom stereocenters. The van der Waals surface area contributed by atoms with Gasteiger partial charge in [-0.15, -0.1) is 0 Å². The predicted molar refractivity (Wildman–Crippen MR) is 108 cm³/mol. The van der Waals surface area contributed by atoms with Gasteiger partial charge in [0.05, 0.1) is 6.61 Å². The molecule has 0 aliphatic rings. The molecule has 0 radical (unpaired) electrons. The van der Waals surface area contributed by atoms with Crippen molar-refractivity contribution in [3.63, 3.8) is 0 Å². The van der Waals surface area contributed by atoms with E-state index in [4.69, 9.17) is 15.3 Å². The molecule has 29 heavy (non-hydrogen) atoms. The molecule has 8 heteroatoms. The van der Waals surface area contributed by atoms with Crippen molar-refractivity contribution in [2.75, 3.05) is 13.2 Å². The van der Waals surface area contributed by atoms with Crippen molar-refractivity contribution in [3.8, 4) is 11.1 Å². The summed E-state index contributed by atoms with van der Waals surface area (Å²) < 4.78 is 4.75. The monoisotopic (exact) mass is 397 g/mol. The number of ether oxygens (including phenoxy) is 1. The molecule has 152 valence electrons. The molecule has 0 saturated heterocycles. The van der Waals surface area contributed by atoms with Crippen LogP contribution in [-0.4, -0.2) is 42.1 Å². The second-order valence-corrected chi connectivity index (χ2v) is 6.13. The van der Waals surface area contributed by atoms with Crippen LogP contribution in [0.25, 0.3) is 11.1 Å². The minimum atomic E-state index is -0.888. The number of hydrogen-bond donors (Lipinski definition) is 4. The van der Waals surface area contributed by atoms with Crippen LogP contribution in [0, 0.1) is 5.41 Å². The van der Waals surface area contributed by atoms with Gasteiger partial charge in [-0.25, -0.2) is 4.79 Å². The Morgan fingerprint density at radius 3 is 2.03 bits per heavy atom. The van der Waals surface area contributed by atoms with Gasteiger partial charge in [0.25, 0.3) is 5.91 Å². The number of carbonyl (C=O) groups excluding carboxylic acids is 2. The van der Waals surface area contributed by atoms with Crippen molar-refractivity contribution in [1.29, 1.82) is 5.41 Å². The largest absolute Gasteiger partial charge is 0.481 e. The van der Waals surface area contributed by atoms with E-state index < -0.39 is 12.1 Å². The molecule has 0 saturated carbocycles. The summed E-state index contributed by atoms with van der Waals surface area (Å²) in [4.78, 5) is 33.9. The van der Waals surface area contributed by atoms with Crippen LogP contribution in [0.1, 0.15) is 35.7 Å². The first-order valence-corrected chi connectivity index (χ1v) is 9.14. The maximum absolute atomic E-state index is 12.1. The van der Waals surface area contributed by atoms with Gasteiger partial charge in [-0.2, -0.15) is 0 Å². The van der Waals surface area contributed by atoms with Crippen molar-refractivity contribution < 1.29 is 24.2 Å². The van der Waals surface area contributed by atoms with Gasteiger partial charge in [0, 0.05) is 24.1 Å². The molecule has 0 aliphatic heterocycles. The highest BCUT2D eigenvalue weighted by atomic mass is 16.5. The highest BCUT2D eigenvalue weighted by molar-refractivity contribution is 6.04. The Bertz CT molecular complexity index is 876. The molecule has 0 spiro atoms. The lowest BCUT2D eigenvalue weighted by Gasteiger charge is -2.09. The molecule has 0 heterocycles. The minimum absolute atomic E-state index is 0.0159. The highest BCUT2D eigenvalue weighted by Gasteiger charge is 2.09. The molecule has 0 fully saturated rings. The highest BCUT2D eigenvalue weighted by Crippen LogP contribution is 2.20. The van der Waals surface area contributed by atoms with Crippen molar-refractivity contribution in [2.45, 2.75) is 19.8 Å². The molecule has 2 amide bonds. The van der Waals surface area contributed by atoms with E-state index in [2.05, 4.69) is 10.6 Å². The Balaban J connectivity index is 1.95. The molecule has 0 aliphatic carbocycles. The standard InChI is InChI=1S/C21H23N3O5/c1-2-29-21(28)24-19(22)16-9-5-14(6-10-16)15-7-11-17(12-8-15)20(27)23-13-3-4-18(25)26/h5-12H,2-4,13H2,1H3,(H,23,27)(H,25,26)(H2,22,24,28). The Morgan fingerprint density at radius 2 is 1.52 bits per heavy atom. The molecule has 2 aromatic rings. The van der Waals surface area contributed by atoms with Crippen molar-refractivity contribution in [1.82, 2.24) is 10.6 Å². The first kappa shape index (κ1) is 21.6. The quantitative estimate of drug-likeness (QED) is 0.309. The molecule has 0 aromatic heterocycles. The van der Waals surface area contributed by atoms with E-state index in [9.17, 15) is 14.4 Å². The zero-order valence-electron chi connectivity index (χ0n) is 16.0. The number of carbonyl (C=O) groups is 3. The summed E-state index contributed by atoms with van der Waals surface area (Å²) >= 11 is 0. The SMILES string of the molecule is CCOC(=O)NC(=N)c1ccc(-c2ccc(C(=O)NCCCC(=O)O)cc2)cc1. The topological polar surface area (TPSA) is 129 Å². The number of alkyl carbamates (subject to hydrolysis) is 1.